The number of pyridine rings is 1. The van der Waals surface area contributed by atoms with Gasteiger partial charge < -0.3 is 4.98 Å². The van der Waals surface area contributed by atoms with E-state index in [1.54, 1.807) is 24.4 Å². The Kier molecular flexibility index (Phi) is 5.00. The molecule has 0 saturated heterocycles. The first-order valence-corrected chi connectivity index (χ1v) is 5.72. The Labute approximate surface area is 98.9 Å². The minimum absolute atomic E-state index is 0.0532. The summed E-state index contributed by atoms with van der Waals surface area (Å²) in [6.07, 6.45) is 2.44. The molecule has 78 valence electrons. The molecule has 2 heterocycles. The van der Waals surface area contributed by atoms with Crippen molar-refractivity contribution in [3.63, 3.8) is 0 Å². The molecular formula is C10H8BrNO2S. The molecule has 2 aromatic heterocycles. The van der Waals surface area contributed by atoms with Crippen LogP contribution in [0.3, 0.4) is 0 Å². The maximum absolute atomic E-state index is 10.2. The number of aldehydes is 1. The zero-order valence-corrected chi connectivity index (χ0v) is 10.0. The Morgan fingerprint density at radius 2 is 2.20 bits per heavy atom. The molecule has 5 heteroatoms. The minimum Gasteiger partial charge on any atom is -0.329 e. The van der Waals surface area contributed by atoms with Crippen molar-refractivity contribution >= 4 is 33.6 Å². The van der Waals surface area contributed by atoms with E-state index < -0.39 is 0 Å². The van der Waals surface area contributed by atoms with Crippen molar-refractivity contribution in [2.45, 2.75) is 0 Å². The largest absolute Gasteiger partial charge is 0.329 e. The number of hydrogen-bond donors (Lipinski definition) is 1. The summed E-state index contributed by atoms with van der Waals surface area (Å²) in [6.45, 7) is 0. The van der Waals surface area contributed by atoms with Crippen molar-refractivity contribution in [3.05, 3.63) is 55.5 Å². The fraction of sp³-hybridized carbons (Fsp3) is 0. The molecule has 0 unspecified atom stereocenters. The van der Waals surface area contributed by atoms with Gasteiger partial charge in [-0.15, -0.1) is 11.3 Å². The summed E-state index contributed by atoms with van der Waals surface area (Å²) in [5.74, 6) is 0. The van der Waals surface area contributed by atoms with Crippen molar-refractivity contribution < 1.29 is 4.79 Å². The molecule has 0 radical (unpaired) electrons. The van der Waals surface area contributed by atoms with E-state index in [1.165, 1.54) is 17.4 Å². The average molecular weight is 286 g/mol. The van der Waals surface area contributed by atoms with E-state index in [0.717, 1.165) is 15.6 Å². The van der Waals surface area contributed by atoms with Crippen molar-refractivity contribution in [3.8, 4) is 0 Å². The fourth-order valence-corrected chi connectivity index (χ4v) is 2.01. The Bertz CT molecular complexity index is 461. The molecule has 2 aromatic rings. The molecule has 0 aliphatic rings. The van der Waals surface area contributed by atoms with Crippen LogP contribution in [-0.2, 0) is 0 Å². The average Bonchev–Trinajstić information content (AvgIpc) is 2.66. The predicted molar refractivity (Wildman–Crippen MR) is 64.5 cm³/mol. The van der Waals surface area contributed by atoms with Gasteiger partial charge in [0.2, 0.25) is 5.56 Å². The zero-order valence-electron chi connectivity index (χ0n) is 7.64. The first-order valence-electron chi connectivity index (χ1n) is 4.05. The van der Waals surface area contributed by atoms with Gasteiger partial charge in [-0.05, 0) is 28.1 Å². The normalized spacial score (nSPS) is 8.87. The quantitative estimate of drug-likeness (QED) is 0.819. The van der Waals surface area contributed by atoms with Crippen molar-refractivity contribution in [2.75, 3.05) is 0 Å². The zero-order chi connectivity index (χ0) is 11.1. The van der Waals surface area contributed by atoms with Gasteiger partial charge in [0, 0.05) is 22.1 Å². The van der Waals surface area contributed by atoms with Gasteiger partial charge in [0.05, 0.1) is 4.88 Å². The lowest BCUT2D eigenvalue weighted by molar-refractivity contribution is 0.112. The lowest BCUT2D eigenvalue weighted by atomic mass is 10.5. The number of rotatable bonds is 1. The van der Waals surface area contributed by atoms with Crippen molar-refractivity contribution in [1.29, 1.82) is 0 Å². The summed E-state index contributed by atoms with van der Waals surface area (Å²) in [4.78, 5) is 23.5. The first kappa shape index (κ1) is 11.9. The third-order valence-corrected chi connectivity index (χ3v) is 3.00. The topological polar surface area (TPSA) is 49.9 Å². The van der Waals surface area contributed by atoms with E-state index in [4.69, 9.17) is 0 Å². The predicted octanol–water partition coefficient (Wildman–Crippen LogP) is 2.70. The summed E-state index contributed by atoms with van der Waals surface area (Å²) in [7, 11) is 0. The summed E-state index contributed by atoms with van der Waals surface area (Å²) in [6, 6.07) is 6.72. The molecule has 0 aromatic carbocycles. The maximum atomic E-state index is 10.2. The second kappa shape index (κ2) is 6.31. The number of hydrogen-bond acceptors (Lipinski definition) is 3. The number of nitrogens with one attached hydrogen (secondary N) is 1. The highest BCUT2D eigenvalue weighted by atomic mass is 79.9. The number of thiophene rings is 1. The number of H-pyrrole nitrogens is 1. The standard InChI is InChI=1S/C5H3BrOS.C5H5NO/c6-4-1-5(2-7)8-3-4;7-5-3-1-2-4-6-5/h1-3H;1-4H,(H,6,7). The third kappa shape index (κ3) is 4.71. The molecule has 0 spiro atoms. The lowest BCUT2D eigenvalue weighted by Gasteiger charge is -1.73. The second-order valence-electron chi connectivity index (χ2n) is 2.51. The highest BCUT2D eigenvalue weighted by Gasteiger charge is 1.91. The van der Waals surface area contributed by atoms with E-state index in [-0.39, 0.29) is 5.56 Å². The third-order valence-electron chi connectivity index (χ3n) is 1.38. The molecule has 0 aliphatic carbocycles. The van der Waals surface area contributed by atoms with Crippen LogP contribution < -0.4 is 5.56 Å². The number of aromatic amines is 1. The lowest BCUT2D eigenvalue weighted by Crippen LogP contribution is -1.98. The molecular weight excluding hydrogens is 278 g/mol. The van der Waals surface area contributed by atoms with Crippen LogP contribution in [0.25, 0.3) is 0 Å². The van der Waals surface area contributed by atoms with Gasteiger partial charge in [-0.1, -0.05) is 6.07 Å². The molecule has 3 nitrogen and oxygen atoms in total. The van der Waals surface area contributed by atoms with Crippen LogP contribution in [0.4, 0.5) is 0 Å². The van der Waals surface area contributed by atoms with Crippen molar-refractivity contribution in [1.82, 2.24) is 4.98 Å². The first-order chi connectivity index (χ1) is 7.22. The van der Waals surface area contributed by atoms with Gasteiger partial charge in [-0.25, -0.2) is 0 Å². The van der Waals surface area contributed by atoms with Gasteiger partial charge in [0.1, 0.15) is 0 Å². The molecule has 2 rings (SSSR count). The van der Waals surface area contributed by atoms with Crippen LogP contribution in [0.2, 0.25) is 0 Å². The van der Waals surface area contributed by atoms with Crippen molar-refractivity contribution in [2.24, 2.45) is 0 Å². The molecule has 0 atom stereocenters. The SMILES string of the molecule is O=Cc1cc(Br)cs1.O=c1cccc[nH]1. The number of halogens is 1. The second-order valence-corrected chi connectivity index (χ2v) is 4.37. The Balaban J connectivity index is 0.000000151. The number of carbonyl (C=O) groups excluding carboxylic acids is 1. The molecule has 1 N–H and O–H groups in total. The summed E-state index contributed by atoms with van der Waals surface area (Å²) in [5, 5.41) is 1.88. The summed E-state index contributed by atoms with van der Waals surface area (Å²) < 4.78 is 0.976. The maximum Gasteiger partial charge on any atom is 0.247 e. The van der Waals surface area contributed by atoms with Gasteiger partial charge in [-0.3, -0.25) is 9.59 Å². The molecule has 0 aliphatic heterocycles. The van der Waals surface area contributed by atoms with Crippen LogP contribution in [0.15, 0.2) is 45.1 Å². The van der Waals surface area contributed by atoms with Crippen LogP contribution >= 0.6 is 27.3 Å². The van der Waals surface area contributed by atoms with E-state index in [0.29, 0.717) is 0 Å². The molecule has 0 fully saturated rings. The van der Waals surface area contributed by atoms with Crippen LogP contribution in [-0.4, -0.2) is 11.3 Å². The fourth-order valence-electron chi connectivity index (χ4n) is 0.767. The van der Waals surface area contributed by atoms with Crippen LogP contribution in [0, 0.1) is 0 Å². The smallest absolute Gasteiger partial charge is 0.247 e. The van der Waals surface area contributed by atoms with E-state index in [9.17, 15) is 9.59 Å². The van der Waals surface area contributed by atoms with E-state index in [1.807, 2.05) is 5.38 Å². The highest BCUT2D eigenvalue weighted by molar-refractivity contribution is 9.10. The van der Waals surface area contributed by atoms with Crippen LogP contribution in [0.1, 0.15) is 9.67 Å². The highest BCUT2D eigenvalue weighted by Crippen LogP contribution is 2.17. The number of aromatic nitrogens is 1. The number of carbonyl (C=O) groups is 1. The Morgan fingerprint density at radius 3 is 2.47 bits per heavy atom. The molecule has 0 bridgehead atoms. The Hall–Kier alpha value is -1.20. The van der Waals surface area contributed by atoms with Gasteiger partial charge in [0.15, 0.2) is 6.29 Å². The minimum atomic E-state index is -0.0532. The van der Waals surface area contributed by atoms with E-state index in [2.05, 4.69) is 20.9 Å². The van der Waals surface area contributed by atoms with Gasteiger partial charge >= 0.3 is 0 Å². The van der Waals surface area contributed by atoms with E-state index >= 15 is 0 Å². The molecule has 0 saturated carbocycles. The van der Waals surface area contributed by atoms with Crippen LogP contribution in [0.5, 0.6) is 0 Å². The Morgan fingerprint density at radius 1 is 1.40 bits per heavy atom. The summed E-state index contributed by atoms with van der Waals surface area (Å²) in [5.41, 5.74) is -0.0532. The monoisotopic (exact) mass is 285 g/mol. The van der Waals surface area contributed by atoms with Gasteiger partial charge in [-0.2, -0.15) is 0 Å². The summed E-state index contributed by atoms with van der Waals surface area (Å²) >= 11 is 4.66. The molecule has 0 amide bonds. The molecule has 15 heavy (non-hydrogen) atoms. The van der Waals surface area contributed by atoms with Gasteiger partial charge in [0.25, 0.3) is 0 Å².